The molecule has 0 spiro atoms. The Labute approximate surface area is 116 Å². The second-order valence-corrected chi connectivity index (χ2v) is 9.27. The molecule has 0 saturated heterocycles. The van der Waals surface area contributed by atoms with E-state index >= 15 is 0 Å². The van der Waals surface area contributed by atoms with Crippen LogP contribution >= 0.6 is 0 Å². The highest BCUT2D eigenvalue weighted by Crippen LogP contribution is 2.23. The fourth-order valence-electron chi connectivity index (χ4n) is 1.44. The number of anilines is 1. The topological polar surface area (TPSA) is 94.3 Å². The lowest BCUT2D eigenvalue weighted by Gasteiger charge is -2.10. The lowest BCUT2D eigenvalue weighted by molar-refractivity contribution is 0.520. The molecule has 0 bridgehead atoms. The second kappa shape index (κ2) is 5.65. The summed E-state index contributed by atoms with van der Waals surface area (Å²) in [6.45, 7) is 2.79. The lowest BCUT2D eigenvalue weighted by atomic mass is 10.3. The molecule has 20 heavy (non-hydrogen) atoms. The van der Waals surface area contributed by atoms with Crippen LogP contribution in [0.3, 0.4) is 0 Å². The predicted molar refractivity (Wildman–Crippen MR) is 71.7 cm³/mol. The van der Waals surface area contributed by atoms with E-state index in [0.717, 1.165) is 0 Å². The van der Waals surface area contributed by atoms with E-state index in [9.17, 15) is 25.6 Å². The summed E-state index contributed by atoms with van der Waals surface area (Å²) < 4.78 is 73.9. The van der Waals surface area contributed by atoms with E-state index in [2.05, 4.69) is 0 Å². The number of sulfone groups is 2. The van der Waals surface area contributed by atoms with Gasteiger partial charge < -0.3 is 5.73 Å². The van der Waals surface area contributed by atoms with Gasteiger partial charge in [0, 0.05) is 5.69 Å². The van der Waals surface area contributed by atoms with E-state index in [1.54, 1.807) is 0 Å². The molecule has 0 aliphatic carbocycles. The molecule has 0 unspecified atom stereocenters. The molecule has 0 fully saturated rings. The van der Waals surface area contributed by atoms with E-state index < -0.39 is 53.0 Å². The van der Waals surface area contributed by atoms with Gasteiger partial charge in [0.15, 0.2) is 19.7 Å². The van der Waals surface area contributed by atoms with E-state index in [1.165, 1.54) is 13.8 Å². The molecular formula is C11H15F2NO4S2. The molecule has 0 aliphatic rings. The third-order valence-corrected chi connectivity index (χ3v) is 6.91. The molecule has 9 heteroatoms. The molecule has 114 valence electrons. The van der Waals surface area contributed by atoms with Gasteiger partial charge in [0.25, 0.3) is 0 Å². The van der Waals surface area contributed by atoms with Crippen molar-refractivity contribution in [3.63, 3.8) is 0 Å². The first kappa shape index (κ1) is 16.8. The van der Waals surface area contributed by atoms with Gasteiger partial charge in [0.05, 0.1) is 16.8 Å². The van der Waals surface area contributed by atoms with Crippen molar-refractivity contribution in [2.45, 2.75) is 24.0 Å². The normalized spacial score (nSPS) is 12.8. The summed E-state index contributed by atoms with van der Waals surface area (Å²) in [4.78, 5) is -1.15. The first-order valence-electron chi connectivity index (χ1n) is 5.66. The second-order valence-electron chi connectivity index (χ2n) is 4.55. The van der Waals surface area contributed by atoms with Crippen LogP contribution in [-0.2, 0) is 19.7 Å². The van der Waals surface area contributed by atoms with Crippen molar-refractivity contribution < 1.29 is 25.6 Å². The first-order chi connectivity index (χ1) is 8.97. The number of halogens is 2. The van der Waals surface area contributed by atoms with Crippen LogP contribution < -0.4 is 5.73 Å². The molecule has 0 saturated carbocycles. The van der Waals surface area contributed by atoms with Crippen LogP contribution in [0.5, 0.6) is 0 Å². The maximum atomic E-state index is 13.5. The monoisotopic (exact) mass is 327 g/mol. The Kier molecular flexibility index (Phi) is 4.75. The van der Waals surface area contributed by atoms with Crippen LogP contribution in [0, 0.1) is 11.6 Å². The molecule has 0 radical (unpaired) electrons. The summed E-state index contributed by atoms with van der Waals surface area (Å²) >= 11 is 0. The Morgan fingerprint density at radius 2 is 1.50 bits per heavy atom. The number of hydrogen-bond donors (Lipinski definition) is 1. The van der Waals surface area contributed by atoms with Crippen LogP contribution in [0.2, 0.25) is 0 Å². The molecule has 0 atom stereocenters. The van der Waals surface area contributed by atoms with Crippen molar-refractivity contribution >= 4 is 25.4 Å². The number of nitrogens with two attached hydrogens (primary N) is 1. The Morgan fingerprint density at radius 1 is 1.05 bits per heavy atom. The van der Waals surface area contributed by atoms with Crippen molar-refractivity contribution in [1.82, 2.24) is 0 Å². The van der Waals surface area contributed by atoms with Gasteiger partial charge in [-0.05, 0) is 26.0 Å². The number of hydrogen-bond acceptors (Lipinski definition) is 5. The molecule has 0 aliphatic heterocycles. The minimum atomic E-state index is -4.39. The largest absolute Gasteiger partial charge is 0.399 e. The number of benzene rings is 1. The fourth-order valence-corrected chi connectivity index (χ4v) is 4.63. The molecule has 0 aromatic heterocycles. The number of nitrogen functional groups attached to an aromatic ring is 1. The van der Waals surface area contributed by atoms with Gasteiger partial charge in [-0.1, -0.05) is 0 Å². The van der Waals surface area contributed by atoms with Crippen LogP contribution in [0.15, 0.2) is 17.0 Å². The minimum Gasteiger partial charge on any atom is -0.399 e. The molecule has 1 aromatic carbocycles. The standard InChI is InChI=1S/C11H15F2NO4S2/c1-7(2)19(15,16)3-4-20(17,18)11-9(12)5-8(14)6-10(11)13/h5-7H,3-4,14H2,1-2H3. The quantitative estimate of drug-likeness (QED) is 0.819. The summed E-state index contributed by atoms with van der Waals surface area (Å²) in [7, 11) is -8.01. The molecule has 5 nitrogen and oxygen atoms in total. The Bertz CT molecular complexity index is 689. The fraction of sp³-hybridized carbons (Fsp3) is 0.455. The maximum absolute atomic E-state index is 13.5. The zero-order valence-electron chi connectivity index (χ0n) is 10.9. The van der Waals surface area contributed by atoms with Crippen LogP contribution in [-0.4, -0.2) is 33.6 Å². The average Bonchev–Trinajstić information content (AvgIpc) is 2.24. The molecular weight excluding hydrogens is 312 g/mol. The van der Waals surface area contributed by atoms with Crippen LogP contribution in [0.1, 0.15) is 13.8 Å². The highest BCUT2D eigenvalue weighted by Gasteiger charge is 2.27. The maximum Gasteiger partial charge on any atom is 0.185 e. The molecule has 2 N–H and O–H groups in total. The van der Waals surface area contributed by atoms with E-state index in [1.807, 2.05) is 0 Å². The minimum absolute atomic E-state index is 0.256. The van der Waals surface area contributed by atoms with Gasteiger partial charge in [0.1, 0.15) is 16.5 Å². The zero-order valence-corrected chi connectivity index (χ0v) is 12.6. The Morgan fingerprint density at radius 3 is 1.90 bits per heavy atom. The summed E-state index contributed by atoms with van der Waals surface area (Å²) in [5, 5.41) is -0.765. The first-order valence-corrected chi connectivity index (χ1v) is 9.03. The van der Waals surface area contributed by atoms with Gasteiger partial charge in [-0.25, -0.2) is 25.6 Å². The SMILES string of the molecule is CC(C)S(=O)(=O)CCS(=O)(=O)c1c(F)cc(N)cc1F. The third-order valence-electron chi connectivity index (χ3n) is 2.69. The molecule has 1 rings (SSSR count). The van der Waals surface area contributed by atoms with Gasteiger partial charge in [-0.15, -0.1) is 0 Å². The van der Waals surface area contributed by atoms with Crippen LogP contribution in [0.25, 0.3) is 0 Å². The highest BCUT2D eigenvalue weighted by molar-refractivity contribution is 7.95. The van der Waals surface area contributed by atoms with Crippen molar-refractivity contribution in [3.05, 3.63) is 23.8 Å². The predicted octanol–water partition coefficient (Wildman–Crippen LogP) is 1.14. The third kappa shape index (κ3) is 3.66. The van der Waals surface area contributed by atoms with E-state index in [-0.39, 0.29) is 5.69 Å². The van der Waals surface area contributed by atoms with Crippen molar-refractivity contribution in [1.29, 1.82) is 0 Å². The van der Waals surface area contributed by atoms with Gasteiger partial charge in [-0.2, -0.15) is 0 Å². The van der Waals surface area contributed by atoms with Crippen LogP contribution in [0.4, 0.5) is 14.5 Å². The van der Waals surface area contributed by atoms with Crippen molar-refractivity contribution in [3.8, 4) is 0 Å². The molecule has 1 aromatic rings. The van der Waals surface area contributed by atoms with Gasteiger partial charge >= 0.3 is 0 Å². The van der Waals surface area contributed by atoms with Crippen molar-refractivity contribution in [2.75, 3.05) is 17.2 Å². The average molecular weight is 327 g/mol. The van der Waals surface area contributed by atoms with E-state index in [4.69, 9.17) is 5.73 Å². The van der Waals surface area contributed by atoms with E-state index in [0.29, 0.717) is 12.1 Å². The molecule has 0 amide bonds. The Balaban J connectivity index is 3.14. The summed E-state index contributed by atoms with van der Waals surface area (Å²) in [6, 6.07) is 1.35. The zero-order chi connectivity index (χ0) is 15.7. The lowest BCUT2D eigenvalue weighted by Crippen LogP contribution is -2.24. The molecule has 0 heterocycles. The number of rotatable bonds is 5. The summed E-state index contributed by atoms with van der Waals surface area (Å²) in [5.74, 6) is -4.24. The Hall–Kier alpha value is -1.22. The van der Waals surface area contributed by atoms with Gasteiger partial charge in [0.2, 0.25) is 0 Å². The smallest absolute Gasteiger partial charge is 0.185 e. The summed E-state index contributed by atoms with van der Waals surface area (Å²) in [5.41, 5.74) is 4.93. The van der Waals surface area contributed by atoms with Gasteiger partial charge in [-0.3, -0.25) is 0 Å². The highest BCUT2D eigenvalue weighted by atomic mass is 32.2. The van der Waals surface area contributed by atoms with Crippen molar-refractivity contribution in [2.24, 2.45) is 0 Å². The summed E-state index contributed by atoms with van der Waals surface area (Å²) in [6.07, 6.45) is 0.